The molecule has 17 heavy (non-hydrogen) atoms. The minimum atomic E-state index is 0.683. The number of hydrogen-bond donors (Lipinski definition) is 1. The fourth-order valence-corrected chi connectivity index (χ4v) is 1.87. The molecule has 1 heterocycles. The summed E-state index contributed by atoms with van der Waals surface area (Å²) in [6, 6.07) is 10.2. The van der Waals surface area contributed by atoms with Gasteiger partial charge in [0.2, 0.25) is 0 Å². The van der Waals surface area contributed by atoms with Crippen LogP contribution in [0.25, 0.3) is 0 Å². The summed E-state index contributed by atoms with van der Waals surface area (Å²) in [5, 5.41) is 0. The van der Waals surface area contributed by atoms with E-state index in [2.05, 4.69) is 41.9 Å². The molecule has 0 aliphatic heterocycles. The van der Waals surface area contributed by atoms with Crippen LogP contribution >= 0.6 is 0 Å². The average Bonchev–Trinajstić information content (AvgIpc) is 2.28. The Morgan fingerprint density at radius 3 is 2.24 bits per heavy atom. The molecule has 88 valence electrons. The number of rotatable bonds is 2. The molecule has 3 heteroatoms. The van der Waals surface area contributed by atoms with Gasteiger partial charge in [0.15, 0.2) is 0 Å². The van der Waals surface area contributed by atoms with Gasteiger partial charge in [-0.25, -0.2) is 4.98 Å². The Labute approximate surface area is 102 Å². The van der Waals surface area contributed by atoms with Gasteiger partial charge in [0.05, 0.1) is 11.9 Å². The molecule has 2 rings (SSSR count). The van der Waals surface area contributed by atoms with Crippen molar-refractivity contribution in [3.63, 3.8) is 0 Å². The van der Waals surface area contributed by atoms with Crippen LogP contribution in [0.1, 0.15) is 11.1 Å². The van der Waals surface area contributed by atoms with Crippen LogP contribution in [0.4, 0.5) is 17.2 Å². The maximum Gasteiger partial charge on any atom is 0.132 e. The van der Waals surface area contributed by atoms with Crippen LogP contribution in [0.2, 0.25) is 0 Å². The number of benzene rings is 1. The van der Waals surface area contributed by atoms with Gasteiger partial charge in [0.1, 0.15) is 5.82 Å². The Bertz CT molecular complexity index is 497. The molecule has 0 aliphatic rings. The van der Waals surface area contributed by atoms with Crippen molar-refractivity contribution < 1.29 is 0 Å². The highest BCUT2D eigenvalue weighted by Crippen LogP contribution is 2.24. The Morgan fingerprint density at radius 1 is 1.06 bits per heavy atom. The number of anilines is 3. The first-order valence-electron chi connectivity index (χ1n) is 5.60. The number of nitrogen functional groups attached to an aromatic ring is 1. The summed E-state index contributed by atoms with van der Waals surface area (Å²) in [6.45, 7) is 4.20. The first-order chi connectivity index (χ1) is 8.06. The van der Waals surface area contributed by atoms with Crippen LogP contribution in [0.5, 0.6) is 0 Å². The maximum absolute atomic E-state index is 5.63. The third-order valence-electron chi connectivity index (χ3n) is 2.71. The molecular formula is C14H17N3. The summed E-state index contributed by atoms with van der Waals surface area (Å²) < 4.78 is 0. The first kappa shape index (κ1) is 11.5. The number of nitrogens with two attached hydrogens (primary N) is 1. The molecule has 1 aromatic heterocycles. The topological polar surface area (TPSA) is 42.1 Å². The highest BCUT2D eigenvalue weighted by molar-refractivity contribution is 5.61. The second-order valence-corrected chi connectivity index (χ2v) is 4.35. The van der Waals surface area contributed by atoms with Crippen LogP contribution in [0.15, 0.2) is 36.5 Å². The first-order valence-corrected chi connectivity index (χ1v) is 5.60. The Morgan fingerprint density at radius 2 is 1.71 bits per heavy atom. The molecule has 0 fully saturated rings. The number of aromatic nitrogens is 1. The fraction of sp³-hybridized carbons (Fsp3) is 0.214. The Hall–Kier alpha value is -2.03. The lowest BCUT2D eigenvalue weighted by molar-refractivity contribution is 1.12. The summed E-state index contributed by atoms with van der Waals surface area (Å²) in [5.41, 5.74) is 9.96. The van der Waals surface area contributed by atoms with E-state index in [1.165, 1.54) is 11.1 Å². The maximum atomic E-state index is 5.63. The highest BCUT2D eigenvalue weighted by Gasteiger charge is 2.05. The minimum Gasteiger partial charge on any atom is -0.397 e. The van der Waals surface area contributed by atoms with E-state index in [9.17, 15) is 0 Å². The molecule has 3 nitrogen and oxygen atoms in total. The largest absolute Gasteiger partial charge is 0.397 e. The zero-order chi connectivity index (χ0) is 12.4. The minimum absolute atomic E-state index is 0.683. The van der Waals surface area contributed by atoms with Gasteiger partial charge < -0.3 is 10.6 Å². The number of hydrogen-bond acceptors (Lipinski definition) is 3. The van der Waals surface area contributed by atoms with Crippen LogP contribution in [-0.4, -0.2) is 12.0 Å². The van der Waals surface area contributed by atoms with E-state index in [1.807, 2.05) is 19.2 Å². The van der Waals surface area contributed by atoms with E-state index in [0.717, 1.165) is 11.5 Å². The molecule has 0 amide bonds. The van der Waals surface area contributed by atoms with Crippen molar-refractivity contribution >= 4 is 17.2 Å². The van der Waals surface area contributed by atoms with Crippen LogP contribution in [0.3, 0.4) is 0 Å². The molecule has 1 aromatic carbocycles. The molecule has 0 saturated heterocycles. The Balaban J connectivity index is 2.36. The molecule has 0 bridgehead atoms. The second kappa shape index (κ2) is 4.45. The van der Waals surface area contributed by atoms with Crippen molar-refractivity contribution in [3.8, 4) is 0 Å². The van der Waals surface area contributed by atoms with Gasteiger partial charge in [-0.1, -0.05) is 6.07 Å². The quantitative estimate of drug-likeness (QED) is 0.857. The lowest BCUT2D eigenvalue weighted by Crippen LogP contribution is -2.11. The van der Waals surface area contributed by atoms with Crippen molar-refractivity contribution in [2.24, 2.45) is 0 Å². The monoisotopic (exact) mass is 227 g/mol. The summed E-state index contributed by atoms with van der Waals surface area (Å²) in [7, 11) is 2.01. The second-order valence-electron chi connectivity index (χ2n) is 4.35. The van der Waals surface area contributed by atoms with Gasteiger partial charge in [0, 0.05) is 12.7 Å². The normalized spacial score (nSPS) is 10.3. The van der Waals surface area contributed by atoms with E-state index >= 15 is 0 Å². The van der Waals surface area contributed by atoms with Crippen molar-refractivity contribution in [1.82, 2.24) is 4.98 Å². The van der Waals surface area contributed by atoms with Crippen molar-refractivity contribution in [1.29, 1.82) is 0 Å². The number of aryl methyl sites for hydroxylation is 2. The third-order valence-corrected chi connectivity index (χ3v) is 2.71. The predicted octanol–water partition coefficient (Wildman–Crippen LogP) is 3.05. The van der Waals surface area contributed by atoms with Crippen LogP contribution in [-0.2, 0) is 0 Å². The molecule has 0 saturated carbocycles. The van der Waals surface area contributed by atoms with Crippen LogP contribution < -0.4 is 10.6 Å². The summed E-state index contributed by atoms with van der Waals surface area (Å²) >= 11 is 0. The SMILES string of the molecule is Cc1cc(C)cc(N(C)c2ccc(N)cn2)c1. The van der Waals surface area contributed by atoms with E-state index < -0.39 is 0 Å². The molecular weight excluding hydrogens is 210 g/mol. The highest BCUT2D eigenvalue weighted by atomic mass is 15.2. The summed E-state index contributed by atoms with van der Waals surface area (Å²) in [6.07, 6.45) is 1.68. The zero-order valence-corrected chi connectivity index (χ0v) is 10.4. The molecule has 0 aliphatic carbocycles. The van der Waals surface area contributed by atoms with Gasteiger partial charge in [0.25, 0.3) is 0 Å². The zero-order valence-electron chi connectivity index (χ0n) is 10.4. The van der Waals surface area contributed by atoms with E-state index in [-0.39, 0.29) is 0 Å². The smallest absolute Gasteiger partial charge is 0.132 e. The molecule has 2 N–H and O–H groups in total. The predicted molar refractivity (Wildman–Crippen MR) is 72.6 cm³/mol. The van der Waals surface area contributed by atoms with Crippen molar-refractivity contribution in [3.05, 3.63) is 47.7 Å². The van der Waals surface area contributed by atoms with Crippen molar-refractivity contribution in [2.75, 3.05) is 17.7 Å². The molecule has 0 radical (unpaired) electrons. The van der Waals surface area contributed by atoms with Gasteiger partial charge >= 0.3 is 0 Å². The molecule has 0 atom stereocenters. The standard InChI is InChI=1S/C14H17N3/c1-10-6-11(2)8-13(7-10)17(3)14-5-4-12(15)9-16-14/h4-9H,15H2,1-3H3. The number of pyridine rings is 1. The van der Waals surface area contributed by atoms with E-state index in [0.29, 0.717) is 5.69 Å². The molecule has 0 spiro atoms. The van der Waals surface area contributed by atoms with E-state index in [1.54, 1.807) is 6.20 Å². The lowest BCUT2D eigenvalue weighted by Gasteiger charge is -2.19. The van der Waals surface area contributed by atoms with Gasteiger partial charge in [-0.2, -0.15) is 0 Å². The van der Waals surface area contributed by atoms with Crippen molar-refractivity contribution in [2.45, 2.75) is 13.8 Å². The summed E-state index contributed by atoms with van der Waals surface area (Å²) in [5.74, 6) is 0.893. The van der Waals surface area contributed by atoms with E-state index in [4.69, 9.17) is 5.73 Å². The number of nitrogens with zero attached hydrogens (tertiary/aromatic N) is 2. The van der Waals surface area contributed by atoms with Crippen LogP contribution in [0, 0.1) is 13.8 Å². The average molecular weight is 227 g/mol. The van der Waals surface area contributed by atoms with Gasteiger partial charge in [-0.05, 0) is 49.2 Å². The Kier molecular flexibility index (Phi) is 3.00. The summed E-state index contributed by atoms with van der Waals surface area (Å²) in [4.78, 5) is 6.37. The molecule has 2 aromatic rings. The molecule has 0 unspecified atom stereocenters. The third kappa shape index (κ3) is 2.56. The van der Waals surface area contributed by atoms with Gasteiger partial charge in [-0.15, -0.1) is 0 Å². The van der Waals surface area contributed by atoms with Gasteiger partial charge in [-0.3, -0.25) is 0 Å². The fourth-order valence-electron chi connectivity index (χ4n) is 1.87. The lowest BCUT2D eigenvalue weighted by atomic mass is 10.1.